The molecule has 0 aliphatic carbocycles. The average Bonchev–Trinajstić information content (AvgIpc) is 2.44. The van der Waals surface area contributed by atoms with Gasteiger partial charge < -0.3 is 10.5 Å². The molecular formula is C16H16F3NO. The molecule has 0 aliphatic heterocycles. The van der Waals surface area contributed by atoms with Gasteiger partial charge >= 0.3 is 6.18 Å². The SMILES string of the molecule is Cc1cccc(C(CN)Oc2cccc(C(F)(F)F)c2)c1. The van der Waals surface area contributed by atoms with Crippen LogP contribution in [0.3, 0.4) is 0 Å². The van der Waals surface area contributed by atoms with Crippen molar-refractivity contribution in [2.24, 2.45) is 5.73 Å². The zero-order valence-corrected chi connectivity index (χ0v) is 11.5. The van der Waals surface area contributed by atoms with Crippen molar-refractivity contribution in [1.29, 1.82) is 0 Å². The lowest BCUT2D eigenvalue weighted by atomic mass is 10.1. The largest absolute Gasteiger partial charge is 0.484 e. The molecule has 21 heavy (non-hydrogen) atoms. The molecule has 0 radical (unpaired) electrons. The summed E-state index contributed by atoms with van der Waals surface area (Å²) in [5, 5.41) is 0. The first kappa shape index (κ1) is 15.4. The van der Waals surface area contributed by atoms with Crippen LogP contribution in [0.1, 0.15) is 22.8 Å². The number of halogens is 3. The second-order valence-electron chi connectivity index (χ2n) is 4.78. The molecule has 0 spiro atoms. The van der Waals surface area contributed by atoms with Crippen LogP contribution in [0.5, 0.6) is 5.75 Å². The van der Waals surface area contributed by atoms with E-state index >= 15 is 0 Å². The zero-order chi connectivity index (χ0) is 15.5. The van der Waals surface area contributed by atoms with E-state index in [2.05, 4.69) is 0 Å². The Hall–Kier alpha value is -2.01. The minimum Gasteiger partial charge on any atom is -0.484 e. The first-order valence-corrected chi connectivity index (χ1v) is 6.50. The molecule has 1 unspecified atom stereocenters. The number of hydrogen-bond acceptors (Lipinski definition) is 2. The lowest BCUT2D eigenvalue weighted by Crippen LogP contribution is -2.18. The van der Waals surface area contributed by atoms with Gasteiger partial charge in [-0.25, -0.2) is 0 Å². The molecule has 2 rings (SSSR count). The quantitative estimate of drug-likeness (QED) is 0.922. The minimum absolute atomic E-state index is 0.154. The Balaban J connectivity index is 2.23. The predicted molar refractivity (Wildman–Crippen MR) is 75.0 cm³/mol. The summed E-state index contributed by atoms with van der Waals surface area (Å²) in [4.78, 5) is 0. The van der Waals surface area contributed by atoms with Crippen molar-refractivity contribution in [3.05, 3.63) is 65.2 Å². The number of alkyl halides is 3. The number of ether oxygens (including phenoxy) is 1. The monoisotopic (exact) mass is 295 g/mol. The molecule has 0 aromatic heterocycles. The van der Waals surface area contributed by atoms with Crippen molar-refractivity contribution in [2.75, 3.05) is 6.54 Å². The number of aryl methyl sites for hydroxylation is 1. The average molecular weight is 295 g/mol. The van der Waals surface area contributed by atoms with Gasteiger partial charge in [-0.15, -0.1) is 0 Å². The van der Waals surface area contributed by atoms with Gasteiger partial charge in [0.2, 0.25) is 0 Å². The highest BCUT2D eigenvalue weighted by Gasteiger charge is 2.30. The fraction of sp³-hybridized carbons (Fsp3) is 0.250. The van der Waals surface area contributed by atoms with Crippen LogP contribution in [-0.4, -0.2) is 6.54 Å². The van der Waals surface area contributed by atoms with Crippen LogP contribution in [0.2, 0.25) is 0 Å². The van der Waals surface area contributed by atoms with Crippen LogP contribution in [0.25, 0.3) is 0 Å². The predicted octanol–water partition coefficient (Wildman–Crippen LogP) is 4.09. The third kappa shape index (κ3) is 3.98. The molecule has 0 saturated carbocycles. The molecule has 0 fully saturated rings. The summed E-state index contributed by atoms with van der Waals surface area (Å²) in [6, 6.07) is 12.4. The summed E-state index contributed by atoms with van der Waals surface area (Å²) in [5.74, 6) is 0.154. The van der Waals surface area contributed by atoms with E-state index in [1.165, 1.54) is 12.1 Å². The molecule has 0 amide bonds. The summed E-state index contributed by atoms with van der Waals surface area (Å²) >= 11 is 0. The van der Waals surface area contributed by atoms with E-state index in [1.54, 1.807) is 0 Å². The molecule has 0 bridgehead atoms. The van der Waals surface area contributed by atoms with Gasteiger partial charge in [-0.2, -0.15) is 13.2 Å². The van der Waals surface area contributed by atoms with E-state index < -0.39 is 17.8 Å². The third-order valence-corrected chi connectivity index (χ3v) is 3.07. The smallest absolute Gasteiger partial charge is 0.416 e. The highest BCUT2D eigenvalue weighted by atomic mass is 19.4. The first-order chi connectivity index (χ1) is 9.90. The van der Waals surface area contributed by atoms with Gasteiger partial charge in [-0.3, -0.25) is 0 Å². The van der Waals surface area contributed by atoms with Crippen molar-refractivity contribution in [3.8, 4) is 5.75 Å². The van der Waals surface area contributed by atoms with Gasteiger partial charge in [-0.1, -0.05) is 35.9 Å². The van der Waals surface area contributed by atoms with E-state index in [-0.39, 0.29) is 12.3 Å². The summed E-state index contributed by atoms with van der Waals surface area (Å²) in [6.45, 7) is 2.11. The number of hydrogen-bond donors (Lipinski definition) is 1. The molecule has 0 heterocycles. The molecule has 0 aliphatic rings. The maximum absolute atomic E-state index is 12.7. The van der Waals surface area contributed by atoms with Crippen molar-refractivity contribution < 1.29 is 17.9 Å². The molecule has 5 heteroatoms. The summed E-state index contributed by atoms with van der Waals surface area (Å²) in [5.41, 5.74) is 6.83. The van der Waals surface area contributed by atoms with Crippen LogP contribution in [-0.2, 0) is 6.18 Å². The number of benzene rings is 2. The van der Waals surface area contributed by atoms with Crippen molar-refractivity contribution in [1.82, 2.24) is 0 Å². The molecule has 2 N–H and O–H groups in total. The summed E-state index contributed by atoms with van der Waals surface area (Å²) in [6.07, 6.45) is -4.87. The molecular weight excluding hydrogens is 279 g/mol. The van der Waals surface area contributed by atoms with Gasteiger partial charge in [0.15, 0.2) is 0 Å². The molecule has 1 atom stereocenters. The Kier molecular flexibility index (Phi) is 4.53. The van der Waals surface area contributed by atoms with Crippen molar-refractivity contribution in [2.45, 2.75) is 19.2 Å². The topological polar surface area (TPSA) is 35.2 Å². The fourth-order valence-corrected chi connectivity index (χ4v) is 2.03. The highest BCUT2D eigenvalue weighted by Crippen LogP contribution is 2.32. The molecule has 2 aromatic rings. The Labute approximate surface area is 121 Å². The minimum atomic E-state index is -4.39. The molecule has 0 saturated heterocycles. The van der Waals surface area contributed by atoms with Crippen LogP contribution >= 0.6 is 0 Å². The normalized spacial score (nSPS) is 13.0. The third-order valence-electron chi connectivity index (χ3n) is 3.07. The molecule has 2 nitrogen and oxygen atoms in total. The van der Waals surface area contributed by atoms with Crippen LogP contribution in [0, 0.1) is 6.92 Å². The number of rotatable bonds is 4. The maximum Gasteiger partial charge on any atom is 0.416 e. The van der Waals surface area contributed by atoms with E-state index in [0.29, 0.717) is 0 Å². The van der Waals surface area contributed by atoms with E-state index in [0.717, 1.165) is 23.3 Å². The maximum atomic E-state index is 12.7. The van der Waals surface area contributed by atoms with Gasteiger partial charge in [0.05, 0.1) is 5.56 Å². The highest BCUT2D eigenvalue weighted by molar-refractivity contribution is 5.32. The second kappa shape index (κ2) is 6.18. The Bertz CT molecular complexity index is 610. The first-order valence-electron chi connectivity index (χ1n) is 6.50. The van der Waals surface area contributed by atoms with Gasteiger partial charge in [-0.05, 0) is 30.7 Å². The van der Waals surface area contributed by atoms with Gasteiger partial charge in [0.1, 0.15) is 11.9 Å². The van der Waals surface area contributed by atoms with Crippen LogP contribution in [0.4, 0.5) is 13.2 Å². The Morgan fingerprint density at radius 1 is 1.10 bits per heavy atom. The summed E-state index contributed by atoms with van der Waals surface area (Å²) in [7, 11) is 0. The van der Waals surface area contributed by atoms with Crippen molar-refractivity contribution >= 4 is 0 Å². The van der Waals surface area contributed by atoms with E-state index in [4.69, 9.17) is 10.5 Å². The fourth-order valence-electron chi connectivity index (χ4n) is 2.03. The van der Waals surface area contributed by atoms with Crippen LogP contribution in [0.15, 0.2) is 48.5 Å². The second-order valence-corrected chi connectivity index (χ2v) is 4.78. The van der Waals surface area contributed by atoms with Crippen molar-refractivity contribution in [3.63, 3.8) is 0 Å². The van der Waals surface area contributed by atoms with Crippen LogP contribution < -0.4 is 10.5 Å². The summed E-state index contributed by atoms with van der Waals surface area (Å²) < 4.78 is 43.7. The van der Waals surface area contributed by atoms with Gasteiger partial charge in [0, 0.05) is 6.54 Å². The zero-order valence-electron chi connectivity index (χ0n) is 11.5. The van der Waals surface area contributed by atoms with E-state index in [1.807, 2.05) is 31.2 Å². The Morgan fingerprint density at radius 2 is 1.81 bits per heavy atom. The number of nitrogens with two attached hydrogens (primary N) is 1. The lowest BCUT2D eigenvalue weighted by molar-refractivity contribution is -0.137. The molecule has 2 aromatic carbocycles. The standard InChI is InChI=1S/C16H16F3NO/c1-11-4-2-5-12(8-11)15(10-20)21-14-7-3-6-13(9-14)16(17,18)19/h2-9,15H,10,20H2,1H3. The Morgan fingerprint density at radius 3 is 2.43 bits per heavy atom. The van der Waals surface area contributed by atoms with Gasteiger partial charge in [0.25, 0.3) is 0 Å². The molecule has 112 valence electrons. The lowest BCUT2D eigenvalue weighted by Gasteiger charge is -2.19. The van der Waals surface area contributed by atoms with E-state index in [9.17, 15) is 13.2 Å².